The quantitative estimate of drug-likeness (QED) is 0.882. The molecule has 0 fully saturated rings. The van der Waals surface area contributed by atoms with Gasteiger partial charge in [0.05, 0.1) is 0 Å². The van der Waals surface area contributed by atoms with E-state index in [0.717, 1.165) is 16.7 Å². The predicted molar refractivity (Wildman–Crippen MR) is 68.2 cm³/mol. The van der Waals surface area contributed by atoms with E-state index in [1.165, 1.54) is 24.3 Å². The van der Waals surface area contributed by atoms with E-state index >= 15 is 0 Å². The van der Waals surface area contributed by atoms with Crippen LogP contribution in [0.5, 0.6) is 0 Å². The minimum absolute atomic E-state index is 0.269. The third-order valence-corrected chi connectivity index (χ3v) is 3.01. The molecule has 94 valence electrons. The molecule has 0 spiro atoms. The molecule has 0 aliphatic rings. The molecule has 2 rings (SSSR count). The fourth-order valence-electron chi connectivity index (χ4n) is 2.00. The minimum atomic E-state index is -0.287. The first-order chi connectivity index (χ1) is 8.56. The largest absolute Gasteiger partial charge is 0.324 e. The van der Waals surface area contributed by atoms with E-state index < -0.39 is 0 Å². The Morgan fingerprint density at radius 1 is 1.00 bits per heavy atom. The van der Waals surface area contributed by atoms with Crippen LogP contribution >= 0.6 is 0 Å². The second-order valence-corrected chi connectivity index (χ2v) is 4.44. The van der Waals surface area contributed by atoms with Gasteiger partial charge in [0.15, 0.2) is 0 Å². The van der Waals surface area contributed by atoms with Gasteiger partial charge in [-0.3, -0.25) is 0 Å². The van der Waals surface area contributed by atoms with Crippen molar-refractivity contribution in [3.63, 3.8) is 0 Å². The van der Waals surface area contributed by atoms with Gasteiger partial charge in [-0.15, -0.1) is 0 Å². The van der Waals surface area contributed by atoms with E-state index in [0.29, 0.717) is 6.42 Å². The van der Waals surface area contributed by atoms with Crippen LogP contribution in [0.15, 0.2) is 42.5 Å². The molecule has 0 aromatic heterocycles. The zero-order chi connectivity index (χ0) is 13.1. The second kappa shape index (κ2) is 5.27. The fourth-order valence-corrected chi connectivity index (χ4v) is 2.00. The maximum Gasteiger partial charge on any atom is 0.123 e. The van der Waals surface area contributed by atoms with Crippen LogP contribution in [0.1, 0.15) is 22.7 Å². The molecule has 0 bridgehead atoms. The van der Waals surface area contributed by atoms with Crippen LogP contribution in [0.3, 0.4) is 0 Å². The molecule has 0 saturated carbocycles. The van der Waals surface area contributed by atoms with Crippen molar-refractivity contribution in [3.05, 3.63) is 70.8 Å². The molecule has 1 atom stereocenters. The third kappa shape index (κ3) is 2.93. The molecule has 1 nitrogen and oxygen atoms in total. The number of rotatable bonds is 3. The van der Waals surface area contributed by atoms with Crippen molar-refractivity contribution < 1.29 is 8.78 Å². The first kappa shape index (κ1) is 12.7. The van der Waals surface area contributed by atoms with E-state index in [-0.39, 0.29) is 17.7 Å². The SMILES string of the molecule is Cc1ccc(F)cc1C(N)Cc1ccc(F)cc1. The molecule has 18 heavy (non-hydrogen) atoms. The molecule has 2 aromatic carbocycles. The van der Waals surface area contributed by atoms with Crippen LogP contribution in [0.2, 0.25) is 0 Å². The summed E-state index contributed by atoms with van der Waals surface area (Å²) in [6, 6.07) is 10.5. The van der Waals surface area contributed by atoms with Gasteiger partial charge in [0, 0.05) is 6.04 Å². The van der Waals surface area contributed by atoms with Gasteiger partial charge in [0.25, 0.3) is 0 Å². The molecule has 2 aromatic rings. The van der Waals surface area contributed by atoms with Crippen LogP contribution < -0.4 is 5.73 Å². The number of hydrogen-bond donors (Lipinski definition) is 1. The summed E-state index contributed by atoms with van der Waals surface area (Å²) in [7, 11) is 0. The fraction of sp³-hybridized carbons (Fsp3) is 0.200. The van der Waals surface area contributed by atoms with Crippen molar-refractivity contribution in [2.75, 3.05) is 0 Å². The van der Waals surface area contributed by atoms with Crippen molar-refractivity contribution in [3.8, 4) is 0 Å². The monoisotopic (exact) mass is 247 g/mol. The van der Waals surface area contributed by atoms with Gasteiger partial charge in [0.1, 0.15) is 11.6 Å². The lowest BCUT2D eigenvalue weighted by Gasteiger charge is -2.15. The van der Waals surface area contributed by atoms with Gasteiger partial charge >= 0.3 is 0 Å². The molecule has 0 amide bonds. The van der Waals surface area contributed by atoms with Gasteiger partial charge in [-0.05, 0) is 54.3 Å². The highest BCUT2D eigenvalue weighted by atomic mass is 19.1. The molecular formula is C15H15F2N. The van der Waals surface area contributed by atoms with Crippen LogP contribution in [0.25, 0.3) is 0 Å². The number of halogens is 2. The summed E-state index contributed by atoms with van der Waals surface area (Å²) in [6.07, 6.45) is 0.560. The Morgan fingerprint density at radius 2 is 1.61 bits per heavy atom. The number of hydrogen-bond acceptors (Lipinski definition) is 1. The Kier molecular flexibility index (Phi) is 3.72. The predicted octanol–water partition coefficient (Wildman–Crippen LogP) is 3.52. The van der Waals surface area contributed by atoms with Crippen LogP contribution in [-0.2, 0) is 6.42 Å². The topological polar surface area (TPSA) is 26.0 Å². The van der Waals surface area contributed by atoms with Crippen molar-refractivity contribution in [1.29, 1.82) is 0 Å². The zero-order valence-electron chi connectivity index (χ0n) is 10.2. The summed E-state index contributed by atoms with van der Waals surface area (Å²) in [5.41, 5.74) is 8.77. The van der Waals surface area contributed by atoms with Crippen molar-refractivity contribution in [2.45, 2.75) is 19.4 Å². The average Bonchev–Trinajstić information content (AvgIpc) is 2.35. The van der Waals surface area contributed by atoms with Gasteiger partial charge in [-0.1, -0.05) is 18.2 Å². The summed E-state index contributed by atoms with van der Waals surface area (Å²) >= 11 is 0. The summed E-state index contributed by atoms with van der Waals surface area (Å²) in [4.78, 5) is 0. The smallest absolute Gasteiger partial charge is 0.123 e. The summed E-state index contributed by atoms with van der Waals surface area (Å²) in [5.74, 6) is -0.556. The second-order valence-electron chi connectivity index (χ2n) is 4.44. The number of aryl methyl sites for hydroxylation is 1. The maximum absolute atomic E-state index is 13.2. The first-order valence-corrected chi connectivity index (χ1v) is 5.82. The van der Waals surface area contributed by atoms with Gasteiger partial charge < -0.3 is 5.73 Å². The van der Waals surface area contributed by atoms with Crippen molar-refractivity contribution in [1.82, 2.24) is 0 Å². The van der Waals surface area contributed by atoms with E-state index in [4.69, 9.17) is 5.73 Å². The van der Waals surface area contributed by atoms with Crippen molar-refractivity contribution in [2.24, 2.45) is 5.73 Å². The molecule has 0 heterocycles. The van der Waals surface area contributed by atoms with Gasteiger partial charge in [-0.25, -0.2) is 8.78 Å². The summed E-state index contributed by atoms with van der Waals surface area (Å²) < 4.78 is 26.0. The Balaban J connectivity index is 2.18. The van der Waals surface area contributed by atoms with Crippen LogP contribution in [0, 0.1) is 18.6 Å². The Labute approximate surface area is 105 Å². The molecule has 0 aliphatic carbocycles. The van der Waals surface area contributed by atoms with E-state index in [2.05, 4.69) is 0 Å². The Morgan fingerprint density at radius 3 is 2.28 bits per heavy atom. The lowest BCUT2D eigenvalue weighted by molar-refractivity contribution is 0.616. The first-order valence-electron chi connectivity index (χ1n) is 5.82. The molecular weight excluding hydrogens is 232 g/mol. The molecule has 3 heteroatoms. The highest BCUT2D eigenvalue weighted by Gasteiger charge is 2.11. The van der Waals surface area contributed by atoms with E-state index in [9.17, 15) is 8.78 Å². The normalized spacial score (nSPS) is 12.4. The third-order valence-electron chi connectivity index (χ3n) is 3.01. The highest BCUT2D eigenvalue weighted by Crippen LogP contribution is 2.20. The standard InChI is InChI=1S/C15H15F2N/c1-10-2-5-13(17)9-14(10)15(18)8-11-3-6-12(16)7-4-11/h2-7,9,15H,8,18H2,1H3. The average molecular weight is 247 g/mol. The summed E-state index contributed by atoms with van der Waals surface area (Å²) in [6.45, 7) is 1.90. The van der Waals surface area contributed by atoms with Crippen molar-refractivity contribution >= 4 is 0 Å². The zero-order valence-corrected chi connectivity index (χ0v) is 10.2. The molecule has 0 radical (unpaired) electrons. The Hall–Kier alpha value is -1.74. The van der Waals surface area contributed by atoms with E-state index in [1.807, 2.05) is 6.92 Å². The highest BCUT2D eigenvalue weighted by molar-refractivity contribution is 5.31. The minimum Gasteiger partial charge on any atom is -0.324 e. The van der Waals surface area contributed by atoms with Crippen LogP contribution in [0.4, 0.5) is 8.78 Å². The van der Waals surface area contributed by atoms with E-state index in [1.54, 1.807) is 18.2 Å². The maximum atomic E-state index is 13.2. The number of nitrogens with two attached hydrogens (primary N) is 1. The van der Waals surface area contributed by atoms with Gasteiger partial charge in [-0.2, -0.15) is 0 Å². The Bertz CT molecular complexity index is 535. The lowest BCUT2D eigenvalue weighted by atomic mass is 9.96. The molecule has 2 N–H and O–H groups in total. The molecule has 0 saturated heterocycles. The van der Waals surface area contributed by atoms with Crippen LogP contribution in [-0.4, -0.2) is 0 Å². The number of benzene rings is 2. The van der Waals surface area contributed by atoms with Gasteiger partial charge in [0.2, 0.25) is 0 Å². The summed E-state index contributed by atoms with van der Waals surface area (Å²) in [5, 5.41) is 0. The lowest BCUT2D eigenvalue weighted by Crippen LogP contribution is -2.15. The molecule has 0 aliphatic heterocycles. The molecule has 1 unspecified atom stereocenters.